The summed E-state index contributed by atoms with van der Waals surface area (Å²) >= 11 is 6.37. The van der Waals surface area contributed by atoms with E-state index < -0.39 is 17.7 Å². The molecule has 1 atom stereocenters. The Bertz CT molecular complexity index is 1200. The SMILES string of the molecule is CCOc1ccc(C(O)=C2C(=O)C(=O)N(CCCN(CC)CC)[C@H]2c2cc(OC)c(OC)c(OC)c2)cc1Cl. The van der Waals surface area contributed by atoms with Gasteiger partial charge in [-0.2, -0.15) is 0 Å². The van der Waals surface area contributed by atoms with E-state index in [1.807, 2.05) is 6.92 Å². The van der Waals surface area contributed by atoms with Crippen LogP contribution in [-0.2, 0) is 9.59 Å². The summed E-state index contributed by atoms with van der Waals surface area (Å²) in [6, 6.07) is 7.23. The monoisotopic (exact) mass is 560 g/mol. The molecule has 1 aliphatic rings. The van der Waals surface area contributed by atoms with Gasteiger partial charge >= 0.3 is 0 Å². The van der Waals surface area contributed by atoms with E-state index in [0.29, 0.717) is 53.7 Å². The number of benzene rings is 2. The number of carbonyl (C=O) groups excluding carboxylic acids is 2. The summed E-state index contributed by atoms with van der Waals surface area (Å²) in [6.07, 6.45) is 0.643. The van der Waals surface area contributed by atoms with Crippen LogP contribution in [0.15, 0.2) is 35.9 Å². The second kappa shape index (κ2) is 13.6. The predicted octanol–water partition coefficient (Wildman–Crippen LogP) is 4.92. The Morgan fingerprint density at radius 2 is 1.62 bits per heavy atom. The fraction of sp³-hybridized carbons (Fsp3) is 0.448. The predicted molar refractivity (Wildman–Crippen MR) is 150 cm³/mol. The topological polar surface area (TPSA) is 97.8 Å². The molecule has 1 amide bonds. The number of aliphatic hydroxyl groups excluding tert-OH is 1. The number of rotatable bonds is 13. The zero-order valence-electron chi connectivity index (χ0n) is 23.4. The fourth-order valence-corrected chi connectivity index (χ4v) is 5.03. The van der Waals surface area contributed by atoms with Crippen LogP contribution >= 0.6 is 11.6 Å². The lowest BCUT2D eigenvalue weighted by atomic mass is 9.94. The third kappa shape index (κ3) is 6.25. The first-order valence-corrected chi connectivity index (χ1v) is 13.4. The maximum absolute atomic E-state index is 13.4. The normalized spacial score (nSPS) is 16.6. The van der Waals surface area contributed by atoms with Crippen LogP contribution in [0.3, 0.4) is 0 Å². The maximum Gasteiger partial charge on any atom is 0.295 e. The van der Waals surface area contributed by atoms with Crippen molar-refractivity contribution in [3.05, 3.63) is 52.1 Å². The highest BCUT2D eigenvalue weighted by atomic mass is 35.5. The number of halogens is 1. The number of Topliss-reactive ketones (excluding diaryl/α,β-unsaturated/α-hetero) is 1. The van der Waals surface area contributed by atoms with Crippen molar-refractivity contribution in [1.29, 1.82) is 0 Å². The van der Waals surface area contributed by atoms with E-state index in [4.69, 9.17) is 30.5 Å². The van der Waals surface area contributed by atoms with Gasteiger partial charge in [0, 0.05) is 12.1 Å². The van der Waals surface area contributed by atoms with Crippen molar-refractivity contribution >= 4 is 29.1 Å². The molecule has 2 aromatic carbocycles. The molecule has 1 saturated heterocycles. The van der Waals surface area contributed by atoms with Gasteiger partial charge in [0.1, 0.15) is 11.5 Å². The zero-order valence-corrected chi connectivity index (χ0v) is 24.1. The molecule has 212 valence electrons. The summed E-state index contributed by atoms with van der Waals surface area (Å²) in [6.45, 7) is 9.24. The zero-order chi connectivity index (χ0) is 28.7. The van der Waals surface area contributed by atoms with Crippen molar-refractivity contribution in [3.8, 4) is 23.0 Å². The molecular formula is C29H37ClN2O7. The van der Waals surface area contributed by atoms with E-state index in [0.717, 1.165) is 19.6 Å². The number of aliphatic hydroxyl groups is 1. The van der Waals surface area contributed by atoms with Gasteiger partial charge in [0.25, 0.3) is 11.7 Å². The molecule has 1 aliphatic heterocycles. The summed E-state index contributed by atoms with van der Waals surface area (Å²) < 4.78 is 22.0. The molecule has 0 aromatic heterocycles. The highest BCUT2D eigenvalue weighted by Gasteiger charge is 2.46. The number of carbonyl (C=O) groups is 2. The molecule has 0 bridgehead atoms. The number of likely N-dealkylation sites (tertiary alicyclic amines) is 1. The van der Waals surface area contributed by atoms with Gasteiger partial charge in [-0.05, 0) is 68.9 Å². The summed E-state index contributed by atoms with van der Waals surface area (Å²) in [5.74, 6) is -0.238. The molecule has 0 saturated carbocycles. The molecule has 39 heavy (non-hydrogen) atoms. The van der Waals surface area contributed by atoms with E-state index in [9.17, 15) is 14.7 Å². The number of amides is 1. The van der Waals surface area contributed by atoms with E-state index in [2.05, 4.69) is 18.7 Å². The molecule has 9 nitrogen and oxygen atoms in total. The van der Waals surface area contributed by atoms with Crippen molar-refractivity contribution in [3.63, 3.8) is 0 Å². The largest absolute Gasteiger partial charge is 0.507 e. The van der Waals surface area contributed by atoms with Crippen molar-refractivity contribution in [1.82, 2.24) is 9.80 Å². The van der Waals surface area contributed by atoms with Crippen molar-refractivity contribution in [2.24, 2.45) is 0 Å². The number of ketones is 1. The van der Waals surface area contributed by atoms with Crippen molar-refractivity contribution in [2.45, 2.75) is 33.2 Å². The molecule has 0 aliphatic carbocycles. The lowest BCUT2D eigenvalue weighted by molar-refractivity contribution is -0.140. The number of ether oxygens (including phenoxy) is 4. The fourth-order valence-electron chi connectivity index (χ4n) is 4.80. The number of methoxy groups -OCH3 is 3. The Morgan fingerprint density at radius 3 is 2.13 bits per heavy atom. The summed E-state index contributed by atoms with van der Waals surface area (Å²) in [4.78, 5) is 30.6. The minimum atomic E-state index is -0.888. The maximum atomic E-state index is 13.4. The highest BCUT2D eigenvalue weighted by Crippen LogP contribution is 2.46. The third-order valence-electron chi connectivity index (χ3n) is 6.82. The average Bonchev–Trinajstić information content (AvgIpc) is 3.20. The van der Waals surface area contributed by atoms with Crippen LogP contribution in [0.2, 0.25) is 5.02 Å². The van der Waals surface area contributed by atoms with Crippen LogP contribution in [-0.4, -0.2) is 80.7 Å². The van der Waals surface area contributed by atoms with Crippen molar-refractivity contribution < 1.29 is 33.6 Å². The van der Waals surface area contributed by atoms with Gasteiger partial charge in [-0.15, -0.1) is 0 Å². The average molecular weight is 561 g/mol. The van der Waals surface area contributed by atoms with Crippen LogP contribution in [0.4, 0.5) is 0 Å². The molecule has 1 N–H and O–H groups in total. The first-order valence-electron chi connectivity index (χ1n) is 13.0. The van der Waals surface area contributed by atoms with Gasteiger partial charge in [0.15, 0.2) is 11.5 Å². The van der Waals surface area contributed by atoms with E-state index in [1.54, 1.807) is 24.3 Å². The Hall–Kier alpha value is -3.43. The first-order chi connectivity index (χ1) is 18.8. The standard InChI is InChI=1S/C29H37ClN2O7/c1-7-31(8-2)13-10-14-32-25(19-16-22(36-4)28(38-6)23(17-19)37-5)24(27(34)29(32)35)26(33)18-11-12-21(39-9-3)20(30)15-18/h11-12,15-17,25,33H,7-10,13-14H2,1-6H3/t25-/m0/s1. The van der Waals surface area contributed by atoms with E-state index >= 15 is 0 Å². The van der Waals surface area contributed by atoms with Gasteiger partial charge < -0.3 is 33.9 Å². The molecule has 10 heteroatoms. The molecular weight excluding hydrogens is 524 g/mol. The second-order valence-electron chi connectivity index (χ2n) is 8.91. The molecule has 0 spiro atoms. The Morgan fingerprint density at radius 1 is 0.974 bits per heavy atom. The summed E-state index contributed by atoms with van der Waals surface area (Å²) in [7, 11) is 4.48. The van der Waals surface area contributed by atoms with Crippen LogP contribution in [0.1, 0.15) is 44.4 Å². The Balaban J connectivity index is 2.18. The molecule has 1 fully saturated rings. The molecule has 1 heterocycles. The first kappa shape index (κ1) is 30.1. The van der Waals surface area contributed by atoms with Crippen molar-refractivity contribution in [2.75, 3.05) is 54.1 Å². The summed E-state index contributed by atoms with van der Waals surface area (Å²) in [5, 5.41) is 11.7. The lowest BCUT2D eigenvalue weighted by Gasteiger charge is -2.27. The Kier molecular flexibility index (Phi) is 10.5. The van der Waals surface area contributed by atoms with Gasteiger partial charge in [0.05, 0.1) is 44.6 Å². The highest BCUT2D eigenvalue weighted by molar-refractivity contribution is 6.46. The second-order valence-corrected chi connectivity index (χ2v) is 9.32. The number of hydrogen-bond donors (Lipinski definition) is 1. The molecule has 0 radical (unpaired) electrons. The van der Waals surface area contributed by atoms with Crippen LogP contribution < -0.4 is 18.9 Å². The third-order valence-corrected chi connectivity index (χ3v) is 7.11. The summed E-state index contributed by atoms with van der Waals surface area (Å²) in [5.41, 5.74) is 0.782. The molecule has 2 aromatic rings. The van der Waals surface area contributed by atoms with Gasteiger partial charge in [-0.1, -0.05) is 25.4 Å². The lowest BCUT2D eigenvalue weighted by Crippen LogP contribution is -2.33. The number of nitrogens with zero attached hydrogens (tertiary/aromatic N) is 2. The van der Waals surface area contributed by atoms with Crippen LogP contribution in [0.5, 0.6) is 23.0 Å². The minimum absolute atomic E-state index is 0.0441. The van der Waals surface area contributed by atoms with Gasteiger partial charge in [-0.25, -0.2) is 0 Å². The number of hydrogen-bond acceptors (Lipinski definition) is 8. The van der Waals surface area contributed by atoms with Gasteiger partial charge in [-0.3, -0.25) is 9.59 Å². The molecule has 0 unspecified atom stereocenters. The van der Waals surface area contributed by atoms with Crippen LogP contribution in [0.25, 0.3) is 5.76 Å². The molecule has 3 rings (SSSR count). The van der Waals surface area contributed by atoms with Gasteiger partial charge in [0.2, 0.25) is 5.75 Å². The Labute approximate surface area is 234 Å². The van der Waals surface area contributed by atoms with E-state index in [-0.39, 0.29) is 16.4 Å². The quantitative estimate of drug-likeness (QED) is 0.209. The smallest absolute Gasteiger partial charge is 0.295 e. The van der Waals surface area contributed by atoms with E-state index in [1.165, 1.54) is 32.3 Å². The van der Waals surface area contributed by atoms with Crippen LogP contribution in [0, 0.1) is 0 Å². The minimum Gasteiger partial charge on any atom is -0.507 e.